The van der Waals surface area contributed by atoms with E-state index in [2.05, 4.69) is 21.4 Å². The molecular formula is C13H14BrFN2O. The number of furan rings is 1. The smallest absolute Gasteiger partial charge is 0.128 e. The first-order chi connectivity index (χ1) is 8.67. The number of hydrazine groups is 1. The van der Waals surface area contributed by atoms with Gasteiger partial charge in [-0.05, 0) is 24.3 Å². The van der Waals surface area contributed by atoms with Crippen LogP contribution in [0.5, 0.6) is 0 Å². The molecule has 0 saturated carbocycles. The van der Waals surface area contributed by atoms with Gasteiger partial charge in [0.15, 0.2) is 0 Å². The summed E-state index contributed by atoms with van der Waals surface area (Å²) in [5, 5.41) is 0. The molecule has 1 unspecified atom stereocenters. The van der Waals surface area contributed by atoms with Gasteiger partial charge in [0, 0.05) is 22.0 Å². The van der Waals surface area contributed by atoms with Crippen LogP contribution in [0, 0.1) is 5.82 Å². The molecule has 18 heavy (non-hydrogen) atoms. The zero-order chi connectivity index (χ0) is 13.1. The van der Waals surface area contributed by atoms with Crippen molar-refractivity contribution in [3.63, 3.8) is 0 Å². The molecule has 1 aromatic heterocycles. The lowest BCUT2D eigenvalue weighted by molar-refractivity contribution is 0.497. The fourth-order valence-corrected chi connectivity index (χ4v) is 2.36. The quantitative estimate of drug-likeness (QED) is 0.673. The van der Waals surface area contributed by atoms with Crippen LogP contribution in [0.2, 0.25) is 0 Å². The Morgan fingerprint density at radius 3 is 2.83 bits per heavy atom. The summed E-state index contributed by atoms with van der Waals surface area (Å²) in [6, 6.07) is 6.17. The van der Waals surface area contributed by atoms with E-state index in [0.717, 1.165) is 22.2 Å². The standard InChI is InChI=1S/C13H14BrFN2O/c1-2-12-9(5-6-18-12)13(17-16)10-7-8(14)3-4-11(10)15/h3-7,13,17H,2,16H2,1H3. The zero-order valence-corrected chi connectivity index (χ0v) is 11.5. The van der Waals surface area contributed by atoms with Crippen LogP contribution < -0.4 is 11.3 Å². The molecule has 2 aromatic rings. The molecule has 2 rings (SSSR count). The summed E-state index contributed by atoms with van der Waals surface area (Å²) in [6.07, 6.45) is 2.32. The van der Waals surface area contributed by atoms with E-state index in [1.807, 2.05) is 13.0 Å². The second-order valence-corrected chi connectivity index (χ2v) is 4.83. The van der Waals surface area contributed by atoms with Crippen molar-refractivity contribution in [3.8, 4) is 0 Å². The number of hydrogen-bond acceptors (Lipinski definition) is 3. The van der Waals surface area contributed by atoms with Crippen LogP contribution in [0.3, 0.4) is 0 Å². The number of aryl methyl sites for hydroxylation is 1. The average Bonchev–Trinajstić information content (AvgIpc) is 2.83. The molecule has 0 amide bonds. The van der Waals surface area contributed by atoms with Crippen molar-refractivity contribution in [3.05, 3.63) is 57.7 Å². The topological polar surface area (TPSA) is 51.2 Å². The molecule has 5 heteroatoms. The molecule has 3 N–H and O–H groups in total. The van der Waals surface area contributed by atoms with Gasteiger partial charge in [-0.2, -0.15) is 0 Å². The third-order valence-corrected chi connectivity index (χ3v) is 3.34. The normalized spacial score (nSPS) is 12.7. The van der Waals surface area contributed by atoms with E-state index in [0.29, 0.717) is 5.56 Å². The second-order valence-electron chi connectivity index (χ2n) is 3.92. The highest BCUT2D eigenvalue weighted by atomic mass is 79.9. The highest BCUT2D eigenvalue weighted by Crippen LogP contribution is 2.29. The van der Waals surface area contributed by atoms with Crippen LogP contribution in [-0.2, 0) is 6.42 Å². The van der Waals surface area contributed by atoms with Crippen LogP contribution in [0.15, 0.2) is 39.4 Å². The van der Waals surface area contributed by atoms with Gasteiger partial charge in [0.05, 0.1) is 12.3 Å². The summed E-state index contributed by atoms with van der Waals surface area (Å²) in [4.78, 5) is 0. The third kappa shape index (κ3) is 2.48. The molecule has 1 heterocycles. The number of benzene rings is 1. The fourth-order valence-electron chi connectivity index (χ4n) is 1.98. The van der Waals surface area contributed by atoms with Crippen LogP contribution in [0.4, 0.5) is 4.39 Å². The van der Waals surface area contributed by atoms with Gasteiger partial charge in [-0.25, -0.2) is 9.82 Å². The van der Waals surface area contributed by atoms with E-state index in [9.17, 15) is 4.39 Å². The van der Waals surface area contributed by atoms with Gasteiger partial charge in [-0.3, -0.25) is 5.84 Å². The SMILES string of the molecule is CCc1occc1C(NN)c1cc(Br)ccc1F. The first-order valence-electron chi connectivity index (χ1n) is 5.64. The lowest BCUT2D eigenvalue weighted by Crippen LogP contribution is -2.29. The largest absolute Gasteiger partial charge is 0.469 e. The van der Waals surface area contributed by atoms with Crippen LogP contribution in [0.1, 0.15) is 29.9 Å². The van der Waals surface area contributed by atoms with Crippen molar-refractivity contribution >= 4 is 15.9 Å². The summed E-state index contributed by atoms with van der Waals surface area (Å²) in [5.74, 6) is 6.07. The minimum atomic E-state index is -0.420. The third-order valence-electron chi connectivity index (χ3n) is 2.85. The van der Waals surface area contributed by atoms with Crippen LogP contribution >= 0.6 is 15.9 Å². The molecule has 96 valence electrons. The van der Waals surface area contributed by atoms with Crippen molar-refractivity contribution in [2.75, 3.05) is 0 Å². The molecule has 0 bridgehead atoms. The Hall–Kier alpha value is -1.17. The minimum absolute atomic E-state index is 0.301. The van der Waals surface area contributed by atoms with E-state index >= 15 is 0 Å². The van der Waals surface area contributed by atoms with Gasteiger partial charge in [0.25, 0.3) is 0 Å². The van der Waals surface area contributed by atoms with Gasteiger partial charge >= 0.3 is 0 Å². The summed E-state index contributed by atoms with van der Waals surface area (Å²) in [6.45, 7) is 1.98. The van der Waals surface area contributed by atoms with Crippen LogP contribution in [0.25, 0.3) is 0 Å². The summed E-state index contributed by atoms with van der Waals surface area (Å²) < 4.78 is 20.1. The molecule has 0 radical (unpaired) electrons. The molecule has 1 atom stereocenters. The van der Waals surface area contributed by atoms with Gasteiger partial charge in [0.1, 0.15) is 11.6 Å². The highest BCUT2D eigenvalue weighted by Gasteiger charge is 2.21. The second kappa shape index (κ2) is 5.65. The van der Waals surface area contributed by atoms with Crippen molar-refractivity contribution in [1.82, 2.24) is 5.43 Å². The van der Waals surface area contributed by atoms with Gasteiger partial charge in [0.2, 0.25) is 0 Å². The Morgan fingerprint density at radius 2 is 2.17 bits per heavy atom. The monoisotopic (exact) mass is 312 g/mol. The van der Waals surface area contributed by atoms with Crippen LogP contribution in [-0.4, -0.2) is 0 Å². The van der Waals surface area contributed by atoms with Crippen molar-refractivity contribution in [2.24, 2.45) is 5.84 Å². The highest BCUT2D eigenvalue weighted by molar-refractivity contribution is 9.10. The maximum atomic E-state index is 13.9. The average molecular weight is 313 g/mol. The van der Waals surface area contributed by atoms with E-state index in [4.69, 9.17) is 10.3 Å². The Kier molecular flexibility index (Phi) is 4.16. The fraction of sp³-hybridized carbons (Fsp3) is 0.231. The zero-order valence-electron chi connectivity index (χ0n) is 9.91. The Labute approximate surface area is 113 Å². The number of halogens is 2. The van der Waals surface area contributed by atoms with Gasteiger partial charge in [-0.15, -0.1) is 0 Å². The van der Waals surface area contributed by atoms with Crippen molar-refractivity contribution in [2.45, 2.75) is 19.4 Å². The summed E-state index contributed by atoms with van der Waals surface area (Å²) in [5.41, 5.74) is 3.99. The molecule has 0 aliphatic carbocycles. The Bertz CT molecular complexity index is 542. The maximum Gasteiger partial charge on any atom is 0.128 e. The van der Waals surface area contributed by atoms with Crippen molar-refractivity contribution < 1.29 is 8.81 Å². The number of rotatable bonds is 4. The molecule has 1 aromatic carbocycles. The maximum absolute atomic E-state index is 13.9. The molecule has 0 aliphatic rings. The Balaban J connectivity index is 2.48. The van der Waals surface area contributed by atoms with Gasteiger partial charge in [-0.1, -0.05) is 22.9 Å². The number of hydrogen-bond donors (Lipinski definition) is 2. The van der Waals surface area contributed by atoms with E-state index in [1.54, 1.807) is 18.4 Å². The Morgan fingerprint density at radius 1 is 1.39 bits per heavy atom. The van der Waals surface area contributed by atoms with E-state index < -0.39 is 6.04 Å². The predicted octanol–water partition coefficient (Wildman–Crippen LogP) is 3.30. The van der Waals surface area contributed by atoms with E-state index in [1.165, 1.54) is 6.07 Å². The van der Waals surface area contributed by atoms with Crippen molar-refractivity contribution in [1.29, 1.82) is 0 Å². The summed E-state index contributed by atoms with van der Waals surface area (Å²) in [7, 11) is 0. The lowest BCUT2D eigenvalue weighted by atomic mass is 9.98. The minimum Gasteiger partial charge on any atom is -0.469 e. The predicted molar refractivity (Wildman–Crippen MR) is 71.4 cm³/mol. The summed E-state index contributed by atoms with van der Waals surface area (Å²) >= 11 is 3.33. The molecule has 0 fully saturated rings. The molecule has 0 saturated heterocycles. The number of nitrogens with one attached hydrogen (secondary N) is 1. The molecule has 0 spiro atoms. The first kappa shape index (κ1) is 13.3. The molecule has 3 nitrogen and oxygen atoms in total. The first-order valence-corrected chi connectivity index (χ1v) is 6.44. The number of nitrogens with two attached hydrogens (primary N) is 1. The van der Waals surface area contributed by atoms with E-state index in [-0.39, 0.29) is 5.82 Å². The lowest BCUT2D eigenvalue weighted by Gasteiger charge is -2.17. The molecule has 0 aliphatic heterocycles. The molecular weight excluding hydrogens is 299 g/mol. The van der Waals surface area contributed by atoms with Gasteiger partial charge < -0.3 is 4.42 Å².